The molecular weight excluding hydrogens is 542 g/mol. The van der Waals surface area contributed by atoms with Crippen LogP contribution in [0.15, 0.2) is 72.9 Å². The molecular formula is C35H37N3O5. The van der Waals surface area contributed by atoms with Crippen molar-refractivity contribution in [1.29, 1.82) is 5.26 Å². The Morgan fingerprint density at radius 3 is 2.30 bits per heavy atom. The summed E-state index contributed by atoms with van der Waals surface area (Å²) in [6.45, 7) is 4.30. The average molecular weight is 580 g/mol. The molecule has 0 atom stereocenters. The first-order chi connectivity index (χ1) is 20.9. The van der Waals surface area contributed by atoms with E-state index in [1.807, 2.05) is 50.2 Å². The van der Waals surface area contributed by atoms with E-state index in [0.717, 1.165) is 27.5 Å². The zero-order valence-corrected chi connectivity index (χ0v) is 25.0. The molecule has 4 aromatic rings. The van der Waals surface area contributed by atoms with Crippen molar-refractivity contribution in [3.63, 3.8) is 0 Å². The summed E-state index contributed by atoms with van der Waals surface area (Å²) in [5.74, 6) is 0.365. The van der Waals surface area contributed by atoms with Crippen LogP contribution in [0.25, 0.3) is 21.9 Å². The molecule has 3 aromatic carbocycles. The van der Waals surface area contributed by atoms with Crippen molar-refractivity contribution in [2.45, 2.75) is 52.2 Å². The Hall–Kier alpha value is -4.74. The lowest BCUT2D eigenvalue weighted by Crippen LogP contribution is -2.38. The molecule has 1 aliphatic carbocycles. The van der Waals surface area contributed by atoms with Crippen molar-refractivity contribution in [2.75, 3.05) is 19.1 Å². The fourth-order valence-electron chi connectivity index (χ4n) is 5.38. The highest BCUT2D eigenvalue weighted by molar-refractivity contribution is 6.04. The number of fused-ring (bicyclic) bond motifs is 1. The van der Waals surface area contributed by atoms with Gasteiger partial charge in [-0.2, -0.15) is 5.26 Å². The number of nitrogens with zero attached hydrogens (tertiary/aromatic N) is 3. The van der Waals surface area contributed by atoms with E-state index in [4.69, 9.17) is 9.47 Å². The van der Waals surface area contributed by atoms with Gasteiger partial charge in [0.15, 0.2) is 0 Å². The largest absolute Gasteiger partial charge is 0.495 e. The number of carbonyl (C=O) groups excluding carboxylic acids is 2. The third-order valence-electron chi connectivity index (χ3n) is 7.68. The molecule has 1 aliphatic rings. The van der Waals surface area contributed by atoms with Crippen molar-refractivity contribution in [3.05, 3.63) is 89.6 Å². The topological polar surface area (TPSA) is 113 Å². The zero-order valence-electron chi connectivity index (χ0n) is 25.0. The summed E-state index contributed by atoms with van der Waals surface area (Å²) in [7, 11) is 2.88. The number of pyridine rings is 1. The van der Waals surface area contributed by atoms with E-state index in [1.54, 1.807) is 41.4 Å². The monoisotopic (exact) mass is 579 g/mol. The molecule has 1 N–H and O–H groups in total. The molecule has 0 unspecified atom stereocenters. The van der Waals surface area contributed by atoms with Crippen LogP contribution in [0.1, 0.15) is 61.0 Å². The van der Waals surface area contributed by atoms with Gasteiger partial charge in [0, 0.05) is 17.5 Å². The minimum absolute atomic E-state index is 0.0353. The number of aromatic nitrogens is 1. The molecule has 222 valence electrons. The van der Waals surface area contributed by atoms with E-state index in [2.05, 4.69) is 11.1 Å². The molecule has 43 heavy (non-hydrogen) atoms. The van der Waals surface area contributed by atoms with E-state index in [0.29, 0.717) is 54.9 Å². The van der Waals surface area contributed by atoms with Crippen molar-refractivity contribution in [1.82, 2.24) is 4.98 Å². The van der Waals surface area contributed by atoms with E-state index >= 15 is 0 Å². The predicted molar refractivity (Wildman–Crippen MR) is 167 cm³/mol. The van der Waals surface area contributed by atoms with Gasteiger partial charge in [0.05, 0.1) is 38.0 Å². The molecule has 5 rings (SSSR count). The minimum atomic E-state index is -0.433. The van der Waals surface area contributed by atoms with Crippen LogP contribution < -0.4 is 9.64 Å². The van der Waals surface area contributed by atoms with Crippen LogP contribution in [-0.4, -0.2) is 42.3 Å². The smallest absolute Gasteiger partial charge is 0.337 e. The molecule has 1 saturated carbocycles. The summed E-state index contributed by atoms with van der Waals surface area (Å²) in [5, 5.41) is 21.0. The summed E-state index contributed by atoms with van der Waals surface area (Å²) >= 11 is 0. The van der Waals surface area contributed by atoms with Crippen LogP contribution in [0.2, 0.25) is 0 Å². The standard InChI is InChI=1S/C33H31N3O5.C2H6/c1-40-30-14-10-24(17-27(30)19-34)22-5-3-21(4-6-22)20-36(32(38)23-7-11-28(37)12-8-23)31-29-13-9-26(33(39)41-2)18-25(29)15-16-35-31;1-2/h3-6,9-10,13-18,23,28,37H,7-8,11-12,20H2,1-2H3;1-2H3. The number of ether oxygens (including phenoxy) is 2. The number of aliphatic hydroxyl groups is 1. The zero-order chi connectivity index (χ0) is 30.9. The number of hydrogen-bond donors (Lipinski definition) is 1. The highest BCUT2D eigenvalue weighted by Crippen LogP contribution is 2.33. The van der Waals surface area contributed by atoms with Crippen LogP contribution >= 0.6 is 0 Å². The molecule has 1 aromatic heterocycles. The van der Waals surface area contributed by atoms with E-state index in [9.17, 15) is 20.0 Å². The van der Waals surface area contributed by atoms with Crippen molar-refractivity contribution >= 4 is 28.5 Å². The Morgan fingerprint density at radius 2 is 1.65 bits per heavy atom. The maximum absolute atomic E-state index is 14.0. The lowest BCUT2D eigenvalue weighted by Gasteiger charge is -2.31. The quantitative estimate of drug-likeness (QED) is 0.243. The fourth-order valence-corrected chi connectivity index (χ4v) is 5.38. The normalized spacial score (nSPS) is 15.9. The fraction of sp³-hybridized carbons (Fsp3) is 0.314. The maximum Gasteiger partial charge on any atom is 0.337 e. The number of esters is 1. The Morgan fingerprint density at radius 1 is 0.953 bits per heavy atom. The number of aliphatic hydroxyl groups excluding tert-OH is 1. The average Bonchev–Trinajstić information content (AvgIpc) is 3.07. The number of hydrogen-bond acceptors (Lipinski definition) is 7. The lowest BCUT2D eigenvalue weighted by molar-refractivity contribution is -0.124. The third kappa shape index (κ3) is 7.02. The first-order valence-electron chi connectivity index (χ1n) is 14.6. The second kappa shape index (κ2) is 14.4. The molecule has 8 nitrogen and oxygen atoms in total. The van der Waals surface area contributed by atoms with E-state index in [1.165, 1.54) is 14.2 Å². The molecule has 0 bridgehead atoms. The van der Waals surface area contributed by atoms with Crippen LogP contribution in [0, 0.1) is 17.2 Å². The van der Waals surface area contributed by atoms with Crippen LogP contribution in [0.5, 0.6) is 5.75 Å². The molecule has 1 amide bonds. The predicted octanol–water partition coefficient (Wildman–Crippen LogP) is 6.68. The maximum atomic E-state index is 14.0. The Kier molecular flexibility index (Phi) is 10.5. The number of rotatable bonds is 7. The van der Waals surface area contributed by atoms with Gasteiger partial charge in [0.25, 0.3) is 0 Å². The van der Waals surface area contributed by atoms with Gasteiger partial charge >= 0.3 is 5.97 Å². The van der Waals surface area contributed by atoms with E-state index < -0.39 is 5.97 Å². The van der Waals surface area contributed by atoms with Gasteiger partial charge in [-0.15, -0.1) is 0 Å². The van der Waals surface area contributed by atoms with Gasteiger partial charge in [0.2, 0.25) is 5.91 Å². The van der Waals surface area contributed by atoms with Gasteiger partial charge in [-0.1, -0.05) is 44.2 Å². The summed E-state index contributed by atoms with van der Waals surface area (Å²) in [6.07, 6.45) is 3.69. The molecule has 0 aliphatic heterocycles. The first kappa shape index (κ1) is 31.2. The SMILES string of the molecule is CC.COC(=O)c1ccc2c(N(Cc3ccc(-c4ccc(OC)c(C#N)c4)cc3)C(=O)C3CCC(O)CC3)nccc2c1. The summed E-state index contributed by atoms with van der Waals surface area (Å²) in [4.78, 5) is 32.4. The number of amides is 1. The minimum Gasteiger partial charge on any atom is -0.495 e. The molecule has 1 heterocycles. The van der Waals surface area contributed by atoms with Gasteiger partial charge in [-0.25, -0.2) is 9.78 Å². The molecule has 0 spiro atoms. The van der Waals surface area contributed by atoms with E-state index in [-0.39, 0.29) is 17.9 Å². The van der Waals surface area contributed by atoms with Crippen LogP contribution in [0.3, 0.4) is 0 Å². The van der Waals surface area contributed by atoms with Crippen molar-refractivity contribution in [2.24, 2.45) is 5.92 Å². The van der Waals surface area contributed by atoms with Crippen LogP contribution in [-0.2, 0) is 16.1 Å². The van der Waals surface area contributed by atoms with Crippen molar-refractivity contribution < 1.29 is 24.2 Å². The molecule has 0 saturated heterocycles. The Labute approximate surface area is 252 Å². The van der Waals surface area contributed by atoms with Gasteiger partial charge < -0.3 is 14.6 Å². The van der Waals surface area contributed by atoms with Crippen molar-refractivity contribution in [3.8, 4) is 22.9 Å². The third-order valence-corrected chi connectivity index (χ3v) is 7.68. The van der Waals surface area contributed by atoms with Crippen LogP contribution in [0.4, 0.5) is 5.82 Å². The van der Waals surface area contributed by atoms with Gasteiger partial charge in [-0.05, 0) is 84.2 Å². The Bertz CT molecular complexity index is 1620. The summed E-state index contributed by atoms with van der Waals surface area (Å²) in [6, 6.07) is 22.6. The lowest BCUT2D eigenvalue weighted by atomic mass is 9.86. The molecule has 8 heteroatoms. The first-order valence-corrected chi connectivity index (χ1v) is 14.6. The summed E-state index contributed by atoms with van der Waals surface area (Å²) < 4.78 is 10.1. The summed E-state index contributed by atoms with van der Waals surface area (Å²) in [5.41, 5.74) is 3.62. The number of methoxy groups -OCH3 is 2. The number of anilines is 1. The van der Waals surface area contributed by atoms with Gasteiger partial charge in [-0.3, -0.25) is 9.69 Å². The second-order valence-electron chi connectivity index (χ2n) is 10.2. The van der Waals surface area contributed by atoms with Gasteiger partial charge in [0.1, 0.15) is 17.6 Å². The molecule has 1 fully saturated rings. The Balaban J connectivity index is 0.00000207. The molecule has 0 radical (unpaired) electrons. The second-order valence-corrected chi connectivity index (χ2v) is 10.2. The number of nitriles is 1. The number of carbonyl (C=O) groups is 2. The highest BCUT2D eigenvalue weighted by Gasteiger charge is 2.31. The number of benzene rings is 3. The highest BCUT2D eigenvalue weighted by atomic mass is 16.5.